The monoisotopic (exact) mass is 250 g/mol. The van der Waals surface area contributed by atoms with Crippen molar-refractivity contribution in [2.45, 2.75) is 26.7 Å². The first-order chi connectivity index (χ1) is 8.51. The lowest BCUT2D eigenvalue weighted by Gasteiger charge is -2.24. The van der Waals surface area contributed by atoms with Gasteiger partial charge in [0.05, 0.1) is 14.2 Å². The second kappa shape index (κ2) is 4.44. The minimum atomic E-state index is 0.0639. The Bertz CT molecular complexity index is 482. The highest BCUT2D eigenvalue weighted by Crippen LogP contribution is 2.51. The van der Waals surface area contributed by atoms with E-state index in [1.54, 1.807) is 0 Å². The smallest absolute Gasteiger partial charge is 0.207 e. The molecule has 1 aromatic rings. The highest BCUT2D eigenvalue weighted by atomic mass is 16.5. The Morgan fingerprint density at radius 3 is 1.39 bits per heavy atom. The molecule has 4 heteroatoms. The van der Waals surface area contributed by atoms with Crippen molar-refractivity contribution >= 4 is 0 Å². The molecule has 18 heavy (non-hydrogen) atoms. The van der Waals surface area contributed by atoms with Crippen LogP contribution < -0.4 is 9.47 Å². The maximum Gasteiger partial charge on any atom is 0.207 e. The Morgan fingerprint density at radius 2 is 1.11 bits per heavy atom. The fraction of sp³-hybridized carbons (Fsp3) is 0.429. The molecule has 1 aliphatic carbocycles. The van der Waals surface area contributed by atoms with Gasteiger partial charge in [0.2, 0.25) is 11.5 Å². The third-order valence-corrected chi connectivity index (χ3v) is 3.59. The Labute approximate surface area is 106 Å². The Kier molecular flexibility index (Phi) is 3.11. The summed E-state index contributed by atoms with van der Waals surface area (Å²) < 4.78 is 10.2. The fourth-order valence-corrected chi connectivity index (χ4v) is 2.37. The Morgan fingerprint density at radius 1 is 0.778 bits per heavy atom. The molecule has 0 unspecified atom stereocenters. The molecular weight excluding hydrogens is 232 g/mol. The molecule has 4 nitrogen and oxygen atoms in total. The number of fused-ring (bicyclic) bond motifs is 1. The highest BCUT2D eigenvalue weighted by molar-refractivity contribution is 5.68. The van der Waals surface area contributed by atoms with Crippen molar-refractivity contribution < 1.29 is 19.7 Å². The molecular formula is C14H18O4. The summed E-state index contributed by atoms with van der Waals surface area (Å²) in [5.74, 6) is 0.519. The van der Waals surface area contributed by atoms with E-state index in [1.165, 1.54) is 25.4 Å². The van der Waals surface area contributed by atoms with Gasteiger partial charge >= 0.3 is 0 Å². The van der Waals surface area contributed by atoms with Gasteiger partial charge in [0.15, 0.2) is 11.5 Å². The van der Waals surface area contributed by atoms with Crippen LogP contribution in [-0.4, -0.2) is 24.4 Å². The average Bonchev–Trinajstić information content (AvgIpc) is 2.35. The highest BCUT2D eigenvalue weighted by Gasteiger charge is 2.27. The number of benzene rings is 1. The van der Waals surface area contributed by atoms with Crippen LogP contribution in [-0.2, 0) is 12.8 Å². The van der Waals surface area contributed by atoms with Gasteiger partial charge in [-0.2, -0.15) is 0 Å². The van der Waals surface area contributed by atoms with Crippen LogP contribution >= 0.6 is 0 Å². The number of phenols is 2. The van der Waals surface area contributed by atoms with E-state index in [0.29, 0.717) is 12.8 Å². The molecule has 0 aliphatic heterocycles. The van der Waals surface area contributed by atoms with E-state index in [0.717, 1.165) is 11.1 Å². The standard InChI is InChI=1S/C14H18O4/c1-7-5-9-10(6-8(7)2)12(16)14(18-4)13(17-3)11(9)15/h15-16H,5-6H2,1-4H3. The summed E-state index contributed by atoms with van der Waals surface area (Å²) in [6, 6.07) is 0. The lowest BCUT2D eigenvalue weighted by molar-refractivity contribution is 0.313. The molecule has 0 amide bonds. The van der Waals surface area contributed by atoms with E-state index in [4.69, 9.17) is 9.47 Å². The maximum atomic E-state index is 10.2. The predicted octanol–water partition coefficient (Wildman–Crippen LogP) is 2.55. The van der Waals surface area contributed by atoms with E-state index in [9.17, 15) is 10.2 Å². The van der Waals surface area contributed by atoms with Crippen molar-refractivity contribution in [2.75, 3.05) is 14.2 Å². The normalized spacial score (nSPS) is 14.4. The summed E-state index contributed by atoms with van der Waals surface area (Å²) in [6.45, 7) is 4.07. The number of phenolic OH excluding ortho intramolecular Hbond substituents is 2. The third-order valence-electron chi connectivity index (χ3n) is 3.59. The number of hydrogen-bond acceptors (Lipinski definition) is 4. The molecule has 0 heterocycles. The Hall–Kier alpha value is -1.84. The Balaban J connectivity index is 2.70. The molecule has 0 saturated carbocycles. The van der Waals surface area contributed by atoms with E-state index < -0.39 is 0 Å². The van der Waals surface area contributed by atoms with Gasteiger partial charge in [-0.1, -0.05) is 11.1 Å². The van der Waals surface area contributed by atoms with Crippen LogP contribution in [0.5, 0.6) is 23.0 Å². The van der Waals surface area contributed by atoms with Gasteiger partial charge in [-0.15, -0.1) is 0 Å². The molecule has 1 aromatic carbocycles. The van der Waals surface area contributed by atoms with Crippen LogP contribution in [0, 0.1) is 0 Å². The molecule has 2 N–H and O–H groups in total. The summed E-state index contributed by atoms with van der Waals surface area (Å²) in [4.78, 5) is 0. The first kappa shape index (κ1) is 12.6. The predicted molar refractivity (Wildman–Crippen MR) is 68.7 cm³/mol. The molecule has 0 atom stereocenters. The quantitative estimate of drug-likeness (QED) is 0.625. The summed E-state index contributed by atoms with van der Waals surface area (Å²) in [5, 5.41) is 20.5. The zero-order valence-corrected chi connectivity index (χ0v) is 11.1. The topological polar surface area (TPSA) is 58.9 Å². The first-order valence-corrected chi connectivity index (χ1v) is 5.84. The van der Waals surface area contributed by atoms with Crippen LogP contribution in [0.3, 0.4) is 0 Å². The van der Waals surface area contributed by atoms with E-state index in [-0.39, 0.29) is 23.0 Å². The van der Waals surface area contributed by atoms with Crippen molar-refractivity contribution in [3.63, 3.8) is 0 Å². The van der Waals surface area contributed by atoms with Crippen LogP contribution in [0.25, 0.3) is 0 Å². The van der Waals surface area contributed by atoms with Gasteiger partial charge in [0, 0.05) is 11.1 Å². The van der Waals surface area contributed by atoms with Gasteiger partial charge in [0.25, 0.3) is 0 Å². The molecule has 0 saturated heterocycles. The molecule has 1 aliphatic rings. The van der Waals surface area contributed by atoms with Crippen molar-refractivity contribution in [1.82, 2.24) is 0 Å². The largest absolute Gasteiger partial charge is 0.504 e. The van der Waals surface area contributed by atoms with Crippen molar-refractivity contribution in [1.29, 1.82) is 0 Å². The van der Waals surface area contributed by atoms with Gasteiger partial charge < -0.3 is 19.7 Å². The summed E-state index contributed by atoms with van der Waals surface area (Å²) >= 11 is 0. The van der Waals surface area contributed by atoms with Crippen molar-refractivity contribution in [2.24, 2.45) is 0 Å². The van der Waals surface area contributed by atoms with E-state index in [1.807, 2.05) is 13.8 Å². The van der Waals surface area contributed by atoms with Crippen LogP contribution in [0.15, 0.2) is 11.1 Å². The number of rotatable bonds is 2. The van der Waals surface area contributed by atoms with E-state index >= 15 is 0 Å². The zero-order chi connectivity index (χ0) is 13.4. The van der Waals surface area contributed by atoms with Crippen LogP contribution in [0.4, 0.5) is 0 Å². The molecule has 0 fully saturated rings. The van der Waals surface area contributed by atoms with E-state index in [2.05, 4.69) is 0 Å². The first-order valence-electron chi connectivity index (χ1n) is 5.84. The molecule has 0 spiro atoms. The number of methoxy groups -OCH3 is 2. The molecule has 0 aromatic heterocycles. The fourth-order valence-electron chi connectivity index (χ4n) is 2.37. The third kappa shape index (κ3) is 1.68. The maximum absolute atomic E-state index is 10.2. The molecule has 98 valence electrons. The average molecular weight is 250 g/mol. The SMILES string of the molecule is COc1c(O)c2c(c(O)c1OC)CC(C)=C(C)C2. The zero-order valence-electron chi connectivity index (χ0n) is 11.1. The van der Waals surface area contributed by atoms with Crippen LogP contribution in [0.1, 0.15) is 25.0 Å². The van der Waals surface area contributed by atoms with Crippen LogP contribution in [0.2, 0.25) is 0 Å². The second-order valence-electron chi connectivity index (χ2n) is 4.64. The molecule has 0 bridgehead atoms. The summed E-state index contributed by atoms with van der Waals surface area (Å²) in [6.07, 6.45) is 1.25. The minimum absolute atomic E-state index is 0.0639. The number of allylic oxidation sites excluding steroid dienone is 2. The van der Waals surface area contributed by atoms with Gasteiger partial charge in [-0.05, 0) is 26.7 Å². The molecule has 2 rings (SSSR count). The number of hydrogen-bond donors (Lipinski definition) is 2. The summed E-state index contributed by atoms with van der Waals surface area (Å²) in [7, 11) is 2.89. The summed E-state index contributed by atoms with van der Waals surface area (Å²) in [5.41, 5.74) is 3.88. The molecule has 0 radical (unpaired) electrons. The lowest BCUT2D eigenvalue weighted by atomic mass is 9.85. The number of ether oxygens (including phenoxy) is 2. The van der Waals surface area contributed by atoms with Gasteiger partial charge in [0.1, 0.15) is 0 Å². The van der Waals surface area contributed by atoms with Gasteiger partial charge in [-0.3, -0.25) is 0 Å². The van der Waals surface area contributed by atoms with Gasteiger partial charge in [-0.25, -0.2) is 0 Å². The minimum Gasteiger partial charge on any atom is -0.504 e. The second-order valence-corrected chi connectivity index (χ2v) is 4.64. The number of aromatic hydroxyl groups is 2. The van der Waals surface area contributed by atoms with Crippen molar-refractivity contribution in [3.05, 3.63) is 22.3 Å². The van der Waals surface area contributed by atoms with Crippen molar-refractivity contribution in [3.8, 4) is 23.0 Å². The lowest BCUT2D eigenvalue weighted by Crippen LogP contribution is -2.08.